The van der Waals surface area contributed by atoms with Gasteiger partial charge in [-0.05, 0) is 44.1 Å². The lowest BCUT2D eigenvalue weighted by atomic mass is 9.95. The molecule has 2 aliphatic rings. The van der Waals surface area contributed by atoms with Gasteiger partial charge in [0.05, 0.1) is 18.7 Å². The number of hydrogen-bond donors (Lipinski definition) is 1. The number of likely N-dealkylation sites (tertiary alicyclic amines) is 1. The number of anilines is 1. The van der Waals surface area contributed by atoms with Gasteiger partial charge in [-0.25, -0.2) is 4.79 Å². The van der Waals surface area contributed by atoms with Gasteiger partial charge in [-0.15, -0.1) is 11.3 Å². The maximum Gasteiger partial charge on any atom is 0.341 e. The Labute approximate surface area is 168 Å². The third-order valence-corrected chi connectivity index (χ3v) is 6.70. The smallest absolute Gasteiger partial charge is 0.341 e. The van der Waals surface area contributed by atoms with Gasteiger partial charge in [0.2, 0.25) is 11.8 Å². The van der Waals surface area contributed by atoms with Gasteiger partial charge in [0, 0.05) is 23.9 Å². The van der Waals surface area contributed by atoms with Gasteiger partial charge < -0.3 is 15.0 Å². The number of thiophene rings is 1. The molecule has 1 aromatic rings. The average Bonchev–Trinajstić information content (AvgIpc) is 2.88. The number of carbonyl (C=O) groups excluding carboxylic acids is 3. The SMILES string of the molecule is COC(=O)c1c(NC(=O)C2CCN(C(=O)CC#N)CC2)sc2c1CCCCC2. The van der Waals surface area contributed by atoms with Gasteiger partial charge >= 0.3 is 5.97 Å². The van der Waals surface area contributed by atoms with Crippen molar-refractivity contribution in [1.82, 2.24) is 4.90 Å². The van der Waals surface area contributed by atoms with Crippen LogP contribution in [0.5, 0.6) is 0 Å². The molecular weight excluding hydrogens is 378 g/mol. The second kappa shape index (κ2) is 9.20. The molecule has 2 heterocycles. The molecule has 0 bridgehead atoms. The van der Waals surface area contributed by atoms with E-state index in [2.05, 4.69) is 5.32 Å². The van der Waals surface area contributed by atoms with E-state index in [4.69, 9.17) is 10.00 Å². The molecule has 0 unspecified atom stereocenters. The van der Waals surface area contributed by atoms with E-state index < -0.39 is 5.97 Å². The van der Waals surface area contributed by atoms with Crippen LogP contribution in [-0.4, -0.2) is 42.9 Å². The minimum absolute atomic E-state index is 0.117. The van der Waals surface area contributed by atoms with E-state index in [-0.39, 0.29) is 24.2 Å². The Hall–Kier alpha value is -2.40. The molecule has 1 aromatic heterocycles. The van der Waals surface area contributed by atoms with E-state index in [0.29, 0.717) is 36.5 Å². The Morgan fingerprint density at radius 3 is 2.61 bits per heavy atom. The van der Waals surface area contributed by atoms with Gasteiger partial charge in [0.25, 0.3) is 0 Å². The molecule has 1 aliphatic carbocycles. The number of methoxy groups -OCH3 is 1. The minimum atomic E-state index is -0.397. The number of aryl methyl sites for hydroxylation is 1. The topological polar surface area (TPSA) is 99.5 Å². The molecule has 0 radical (unpaired) electrons. The Bertz CT molecular complexity index is 803. The zero-order valence-electron chi connectivity index (χ0n) is 16.1. The van der Waals surface area contributed by atoms with Crippen LogP contribution in [-0.2, 0) is 27.2 Å². The number of esters is 1. The van der Waals surface area contributed by atoms with Crippen LogP contribution in [0, 0.1) is 17.2 Å². The summed E-state index contributed by atoms with van der Waals surface area (Å²) in [5.74, 6) is -0.907. The summed E-state index contributed by atoms with van der Waals surface area (Å²) in [6.45, 7) is 0.951. The number of nitriles is 1. The first-order valence-corrected chi connectivity index (χ1v) is 10.5. The summed E-state index contributed by atoms with van der Waals surface area (Å²) in [4.78, 5) is 39.8. The van der Waals surface area contributed by atoms with Crippen LogP contribution < -0.4 is 5.32 Å². The summed E-state index contributed by atoms with van der Waals surface area (Å²) in [7, 11) is 1.36. The Morgan fingerprint density at radius 2 is 1.93 bits per heavy atom. The van der Waals surface area contributed by atoms with Crippen molar-refractivity contribution in [3.8, 4) is 6.07 Å². The monoisotopic (exact) mass is 403 g/mol. The molecule has 7 nitrogen and oxygen atoms in total. The van der Waals surface area contributed by atoms with E-state index in [0.717, 1.165) is 37.7 Å². The molecule has 28 heavy (non-hydrogen) atoms. The van der Waals surface area contributed by atoms with Crippen LogP contribution in [0.1, 0.15) is 59.3 Å². The third kappa shape index (κ3) is 4.36. The summed E-state index contributed by atoms with van der Waals surface area (Å²) in [5.41, 5.74) is 1.54. The van der Waals surface area contributed by atoms with Crippen LogP contribution in [0.2, 0.25) is 0 Å². The highest BCUT2D eigenvalue weighted by atomic mass is 32.1. The lowest BCUT2D eigenvalue weighted by Gasteiger charge is -2.30. The second-order valence-electron chi connectivity index (χ2n) is 7.24. The van der Waals surface area contributed by atoms with Crippen molar-refractivity contribution in [2.24, 2.45) is 5.92 Å². The van der Waals surface area contributed by atoms with Crippen molar-refractivity contribution >= 4 is 34.1 Å². The minimum Gasteiger partial charge on any atom is -0.465 e. The number of ether oxygens (including phenoxy) is 1. The second-order valence-corrected chi connectivity index (χ2v) is 8.34. The number of fused-ring (bicyclic) bond motifs is 1. The number of piperidine rings is 1. The van der Waals surface area contributed by atoms with E-state index >= 15 is 0 Å². The lowest BCUT2D eigenvalue weighted by molar-refractivity contribution is -0.133. The number of carbonyl (C=O) groups is 3. The van der Waals surface area contributed by atoms with Gasteiger partial charge in [-0.1, -0.05) is 6.42 Å². The molecule has 1 saturated heterocycles. The van der Waals surface area contributed by atoms with Crippen molar-refractivity contribution in [3.63, 3.8) is 0 Å². The fourth-order valence-electron chi connectivity index (χ4n) is 3.93. The van der Waals surface area contributed by atoms with Crippen LogP contribution >= 0.6 is 11.3 Å². The maximum absolute atomic E-state index is 12.8. The van der Waals surface area contributed by atoms with Gasteiger partial charge in [0.15, 0.2) is 0 Å². The largest absolute Gasteiger partial charge is 0.465 e. The summed E-state index contributed by atoms with van der Waals surface area (Å²) in [5, 5.41) is 12.2. The average molecular weight is 404 g/mol. The fourth-order valence-corrected chi connectivity index (χ4v) is 5.21. The normalized spacial score (nSPS) is 17.2. The highest BCUT2D eigenvalue weighted by molar-refractivity contribution is 7.17. The van der Waals surface area contributed by atoms with Crippen LogP contribution in [0.15, 0.2) is 0 Å². The number of amides is 2. The molecule has 3 rings (SSSR count). The van der Waals surface area contributed by atoms with Crippen LogP contribution in [0.4, 0.5) is 5.00 Å². The lowest BCUT2D eigenvalue weighted by Crippen LogP contribution is -2.41. The number of nitrogens with zero attached hydrogens (tertiary/aromatic N) is 2. The molecule has 0 aromatic carbocycles. The molecular formula is C20H25N3O4S. The maximum atomic E-state index is 12.8. The molecule has 0 atom stereocenters. The van der Waals surface area contributed by atoms with Crippen LogP contribution in [0.25, 0.3) is 0 Å². The van der Waals surface area contributed by atoms with Crippen molar-refractivity contribution in [3.05, 3.63) is 16.0 Å². The number of rotatable bonds is 4. The summed E-state index contributed by atoms with van der Waals surface area (Å²) < 4.78 is 4.98. The molecule has 0 saturated carbocycles. The first-order chi connectivity index (χ1) is 13.5. The predicted molar refractivity (Wildman–Crippen MR) is 105 cm³/mol. The predicted octanol–water partition coefficient (Wildman–Crippen LogP) is 2.89. The van der Waals surface area contributed by atoms with Crippen molar-refractivity contribution in [2.45, 2.75) is 51.4 Å². The first kappa shape index (κ1) is 20.3. The number of hydrogen-bond acceptors (Lipinski definition) is 6. The molecule has 8 heteroatoms. The standard InChI is InChI=1S/C20H25N3O4S/c1-27-20(26)17-14-5-3-2-4-6-15(14)28-19(17)22-18(25)13-8-11-23(12-9-13)16(24)7-10-21/h13H,2-9,11-12H2,1H3,(H,22,25). The van der Waals surface area contributed by atoms with E-state index in [1.165, 1.54) is 23.3 Å². The summed E-state index contributed by atoms with van der Waals surface area (Å²) in [6, 6.07) is 1.87. The molecule has 0 spiro atoms. The first-order valence-electron chi connectivity index (χ1n) is 9.73. The van der Waals surface area contributed by atoms with Crippen LogP contribution in [0.3, 0.4) is 0 Å². The Balaban J connectivity index is 1.70. The third-order valence-electron chi connectivity index (χ3n) is 5.50. The van der Waals surface area contributed by atoms with E-state index in [1.807, 2.05) is 6.07 Å². The molecule has 2 amide bonds. The summed E-state index contributed by atoms with van der Waals surface area (Å²) in [6.07, 6.45) is 6.04. The molecule has 1 N–H and O–H groups in total. The van der Waals surface area contributed by atoms with Gasteiger partial charge in [-0.2, -0.15) is 5.26 Å². The molecule has 1 fully saturated rings. The zero-order valence-corrected chi connectivity index (χ0v) is 16.9. The highest BCUT2D eigenvalue weighted by Crippen LogP contribution is 2.38. The highest BCUT2D eigenvalue weighted by Gasteiger charge is 2.30. The fraction of sp³-hybridized carbons (Fsp3) is 0.600. The quantitative estimate of drug-likeness (QED) is 0.615. The van der Waals surface area contributed by atoms with Gasteiger partial charge in [-0.3, -0.25) is 9.59 Å². The van der Waals surface area contributed by atoms with Crippen molar-refractivity contribution in [2.75, 3.05) is 25.5 Å². The van der Waals surface area contributed by atoms with Crippen molar-refractivity contribution in [1.29, 1.82) is 5.26 Å². The molecule has 1 aliphatic heterocycles. The summed E-state index contributed by atoms with van der Waals surface area (Å²) >= 11 is 1.49. The van der Waals surface area contributed by atoms with E-state index in [1.54, 1.807) is 4.90 Å². The van der Waals surface area contributed by atoms with Gasteiger partial charge in [0.1, 0.15) is 11.4 Å². The number of nitrogens with one attached hydrogen (secondary N) is 1. The van der Waals surface area contributed by atoms with Crippen molar-refractivity contribution < 1.29 is 19.1 Å². The Kier molecular flexibility index (Phi) is 6.68. The van der Waals surface area contributed by atoms with E-state index in [9.17, 15) is 14.4 Å². The zero-order chi connectivity index (χ0) is 20.1. The molecule has 150 valence electrons. The Morgan fingerprint density at radius 1 is 1.21 bits per heavy atom.